The zero-order valence-corrected chi connectivity index (χ0v) is 12.4. The molecule has 3 rings (SSSR count). The van der Waals surface area contributed by atoms with Gasteiger partial charge >= 0.3 is 0 Å². The Kier molecular flexibility index (Phi) is 3.79. The molecule has 1 amide bonds. The van der Waals surface area contributed by atoms with Gasteiger partial charge in [-0.15, -0.1) is 11.3 Å². The second kappa shape index (κ2) is 5.89. The minimum atomic E-state index is -0.0409. The summed E-state index contributed by atoms with van der Waals surface area (Å²) in [6.07, 6.45) is 1.65. The predicted molar refractivity (Wildman–Crippen MR) is 86.7 cm³/mol. The summed E-state index contributed by atoms with van der Waals surface area (Å²) < 4.78 is 0. The second-order valence-electron chi connectivity index (χ2n) is 4.60. The molecule has 0 saturated heterocycles. The molecule has 0 atom stereocenters. The first-order chi connectivity index (χ1) is 10.3. The number of hydrogen-bond donors (Lipinski definition) is 0. The lowest BCUT2D eigenvalue weighted by Gasteiger charge is -2.15. The van der Waals surface area contributed by atoms with E-state index in [1.54, 1.807) is 18.1 Å². The van der Waals surface area contributed by atoms with Gasteiger partial charge in [-0.05, 0) is 12.1 Å². The molecule has 0 aliphatic rings. The largest absolute Gasteiger partial charge is 0.311 e. The number of benzene rings is 2. The predicted octanol–water partition coefficient (Wildman–Crippen LogP) is 4.09. The van der Waals surface area contributed by atoms with E-state index in [1.165, 1.54) is 11.3 Å². The van der Waals surface area contributed by atoms with Gasteiger partial charge in [0, 0.05) is 18.3 Å². The summed E-state index contributed by atoms with van der Waals surface area (Å²) in [5.41, 5.74) is 1.90. The standard InChI is InChI=1S/C17H14N2OS/c1-19(14-10-6-3-7-11-14)17(20)15-12-18-16(21-15)13-8-4-2-5-9-13/h2-12H,1H3. The molecule has 0 radical (unpaired) electrons. The number of amides is 1. The first kappa shape index (κ1) is 13.5. The smallest absolute Gasteiger partial charge is 0.269 e. The first-order valence-corrected chi connectivity index (χ1v) is 7.42. The molecule has 2 aromatic carbocycles. The molecular weight excluding hydrogens is 280 g/mol. The number of carbonyl (C=O) groups is 1. The second-order valence-corrected chi connectivity index (χ2v) is 5.63. The molecule has 0 aliphatic heterocycles. The van der Waals surface area contributed by atoms with Crippen LogP contribution in [0.15, 0.2) is 66.9 Å². The van der Waals surface area contributed by atoms with Crippen molar-refractivity contribution in [1.29, 1.82) is 0 Å². The molecule has 0 spiro atoms. The van der Waals surface area contributed by atoms with Crippen LogP contribution in [0.3, 0.4) is 0 Å². The monoisotopic (exact) mass is 294 g/mol. The highest BCUT2D eigenvalue weighted by Crippen LogP contribution is 2.26. The van der Waals surface area contributed by atoms with Crippen LogP contribution in [0.5, 0.6) is 0 Å². The van der Waals surface area contributed by atoms with Gasteiger partial charge in [-0.1, -0.05) is 48.5 Å². The number of hydrogen-bond acceptors (Lipinski definition) is 3. The lowest BCUT2D eigenvalue weighted by Crippen LogP contribution is -2.25. The molecule has 0 aliphatic carbocycles. The summed E-state index contributed by atoms with van der Waals surface area (Å²) in [4.78, 5) is 19.1. The highest BCUT2D eigenvalue weighted by molar-refractivity contribution is 7.17. The SMILES string of the molecule is CN(C(=O)c1cnc(-c2ccccc2)s1)c1ccccc1. The maximum Gasteiger partial charge on any atom is 0.269 e. The van der Waals surface area contributed by atoms with Crippen molar-refractivity contribution < 1.29 is 4.79 Å². The molecule has 3 aromatic rings. The minimum absolute atomic E-state index is 0.0409. The number of thiazole rings is 1. The molecular formula is C17H14N2OS. The van der Waals surface area contributed by atoms with Crippen LogP contribution < -0.4 is 4.90 Å². The van der Waals surface area contributed by atoms with Gasteiger partial charge in [0.05, 0.1) is 6.20 Å². The van der Waals surface area contributed by atoms with E-state index in [1.807, 2.05) is 60.7 Å². The highest BCUT2D eigenvalue weighted by Gasteiger charge is 2.16. The van der Waals surface area contributed by atoms with Crippen molar-refractivity contribution in [3.63, 3.8) is 0 Å². The maximum absolute atomic E-state index is 12.5. The number of aromatic nitrogens is 1. The fourth-order valence-corrected chi connectivity index (χ4v) is 2.92. The zero-order valence-electron chi connectivity index (χ0n) is 11.6. The van der Waals surface area contributed by atoms with Crippen molar-refractivity contribution in [2.75, 3.05) is 11.9 Å². The van der Waals surface area contributed by atoms with Crippen LogP contribution in [-0.4, -0.2) is 17.9 Å². The molecule has 0 bridgehead atoms. The fourth-order valence-electron chi connectivity index (χ4n) is 2.02. The van der Waals surface area contributed by atoms with Crippen LogP contribution >= 0.6 is 11.3 Å². The van der Waals surface area contributed by atoms with Crippen molar-refractivity contribution in [1.82, 2.24) is 4.98 Å². The van der Waals surface area contributed by atoms with Gasteiger partial charge in [0.25, 0.3) is 5.91 Å². The zero-order chi connectivity index (χ0) is 14.7. The van der Waals surface area contributed by atoms with E-state index in [2.05, 4.69) is 4.98 Å². The van der Waals surface area contributed by atoms with E-state index in [-0.39, 0.29) is 5.91 Å². The normalized spacial score (nSPS) is 10.3. The van der Waals surface area contributed by atoms with Crippen LogP contribution in [0.25, 0.3) is 10.6 Å². The first-order valence-electron chi connectivity index (χ1n) is 6.60. The van der Waals surface area contributed by atoms with Crippen LogP contribution in [0.2, 0.25) is 0 Å². The molecule has 104 valence electrons. The van der Waals surface area contributed by atoms with Crippen LogP contribution in [0.4, 0.5) is 5.69 Å². The van der Waals surface area contributed by atoms with E-state index in [0.717, 1.165) is 16.3 Å². The average Bonchev–Trinajstić information content (AvgIpc) is 3.05. The number of anilines is 1. The fraction of sp³-hybridized carbons (Fsp3) is 0.0588. The quantitative estimate of drug-likeness (QED) is 0.729. The van der Waals surface area contributed by atoms with E-state index in [4.69, 9.17) is 0 Å². The van der Waals surface area contributed by atoms with Crippen molar-refractivity contribution in [2.24, 2.45) is 0 Å². The third kappa shape index (κ3) is 2.85. The molecule has 3 nitrogen and oxygen atoms in total. The van der Waals surface area contributed by atoms with E-state index >= 15 is 0 Å². The Morgan fingerprint density at radius 1 is 1.00 bits per heavy atom. The Hall–Kier alpha value is -2.46. The van der Waals surface area contributed by atoms with Crippen molar-refractivity contribution in [2.45, 2.75) is 0 Å². The van der Waals surface area contributed by atoms with E-state index < -0.39 is 0 Å². The number of nitrogens with zero attached hydrogens (tertiary/aromatic N) is 2. The highest BCUT2D eigenvalue weighted by atomic mass is 32.1. The average molecular weight is 294 g/mol. The Bertz CT molecular complexity index is 738. The summed E-state index contributed by atoms with van der Waals surface area (Å²) in [5, 5.41) is 0.861. The van der Waals surface area contributed by atoms with Crippen molar-refractivity contribution >= 4 is 22.9 Å². The van der Waals surface area contributed by atoms with E-state index in [0.29, 0.717) is 4.88 Å². The van der Waals surface area contributed by atoms with Gasteiger partial charge in [-0.2, -0.15) is 0 Å². The third-order valence-corrected chi connectivity index (χ3v) is 4.22. The Morgan fingerprint density at radius 3 is 2.29 bits per heavy atom. The van der Waals surface area contributed by atoms with Crippen LogP contribution in [0, 0.1) is 0 Å². The number of carbonyl (C=O) groups excluding carboxylic acids is 1. The summed E-state index contributed by atoms with van der Waals surface area (Å²) >= 11 is 1.41. The van der Waals surface area contributed by atoms with Crippen LogP contribution in [0.1, 0.15) is 9.67 Å². The summed E-state index contributed by atoms with van der Waals surface area (Å²) in [5.74, 6) is -0.0409. The Balaban J connectivity index is 1.85. The lowest BCUT2D eigenvalue weighted by molar-refractivity contribution is 0.0996. The molecule has 21 heavy (non-hydrogen) atoms. The Labute approximate surface area is 127 Å². The minimum Gasteiger partial charge on any atom is -0.311 e. The maximum atomic E-state index is 12.5. The van der Waals surface area contributed by atoms with Crippen molar-refractivity contribution in [3.05, 3.63) is 71.7 Å². The Morgan fingerprint density at radius 2 is 1.62 bits per heavy atom. The lowest BCUT2D eigenvalue weighted by atomic mass is 10.2. The molecule has 1 aromatic heterocycles. The molecule has 0 fully saturated rings. The van der Waals surface area contributed by atoms with Gasteiger partial charge in [0.15, 0.2) is 0 Å². The van der Waals surface area contributed by atoms with Gasteiger partial charge in [-0.3, -0.25) is 4.79 Å². The molecule has 1 heterocycles. The topological polar surface area (TPSA) is 33.2 Å². The third-order valence-electron chi connectivity index (χ3n) is 3.19. The molecule has 0 saturated carbocycles. The van der Waals surface area contributed by atoms with Gasteiger partial charge in [-0.25, -0.2) is 4.98 Å². The van der Waals surface area contributed by atoms with E-state index in [9.17, 15) is 4.79 Å². The van der Waals surface area contributed by atoms with Crippen LogP contribution in [-0.2, 0) is 0 Å². The van der Waals surface area contributed by atoms with Crippen molar-refractivity contribution in [3.8, 4) is 10.6 Å². The summed E-state index contributed by atoms with van der Waals surface area (Å²) in [6.45, 7) is 0. The summed E-state index contributed by atoms with van der Waals surface area (Å²) in [7, 11) is 1.78. The molecule has 0 N–H and O–H groups in total. The molecule has 0 unspecified atom stereocenters. The van der Waals surface area contributed by atoms with Gasteiger partial charge < -0.3 is 4.90 Å². The van der Waals surface area contributed by atoms with Gasteiger partial charge in [0.2, 0.25) is 0 Å². The number of para-hydroxylation sites is 1. The van der Waals surface area contributed by atoms with Gasteiger partial charge in [0.1, 0.15) is 9.88 Å². The number of rotatable bonds is 3. The molecule has 4 heteroatoms. The summed E-state index contributed by atoms with van der Waals surface area (Å²) in [6, 6.07) is 19.5.